The molecule has 0 aliphatic carbocycles. The second-order valence-corrected chi connectivity index (χ2v) is 9.13. The molecule has 0 N–H and O–H groups in total. The van der Waals surface area contributed by atoms with Crippen LogP contribution in [0.5, 0.6) is 0 Å². The summed E-state index contributed by atoms with van der Waals surface area (Å²) in [7, 11) is -7.75. The Bertz CT molecular complexity index is 657. The Morgan fingerprint density at radius 3 is 1.70 bits per heavy atom. The van der Waals surface area contributed by atoms with E-state index >= 15 is 0 Å². The molecule has 0 amide bonds. The van der Waals surface area contributed by atoms with Crippen LogP contribution < -0.4 is 0 Å². The Labute approximate surface area is 117 Å². The smallest absolute Gasteiger partial charge is 0.258 e. The highest BCUT2D eigenvalue weighted by atomic mass is 32.3. The molecule has 9 heteroatoms. The van der Waals surface area contributed by atoms with Crippen LogP contribution in [0.25, 0.3) is 0 Å². The molecule has 0 heterocycles. The van der Waals surface area contributed by atoms with E-state index in [-0.39, 0.29) is 22.8 Å². The molecule has 0 unspecified atom stereocenters. The number of benzene rings is 1. The van der Waals surface area contributed by atoms with Gasteiger partial charge in [0.25, 0.3) is 5.69 Å². The lowest BCUT2D eigenvalue weighted by molar-refractivity contribution is -0.384. The molecule has 0 spiro atoms. The molecule has 0 aliphatic heterocycles. The van der Waals surface area contributed by atoms with Crippen molar-refractivity contribution in [1.82, 2.24) is 0 Å². The normalized spacial score (nSPS) is 12.6. The number of hydrogen-bond acceptors (Lipinski definition) is 6. The molecule has 1 aromatic rings. The second kappa shape index (κ2) is 5.88. The van der Waals surface area contributed by atoms with Crippen LogP contribution in [0.3, 0.4) is 0 Å². The summed E-state index contributed by atoms with van der Waals surface area (Å²) in [6, 6.07) is 4.53. The fourth-order valence-electron chi connectivity index (χ4n) is 1.69. The molecule has 1 aromatic carbocycles. The monoisotopic (exact) mass is 321 g/mol. The number of hydrogen-bond donors (Lipinski definition) is 0. The second-order valence-electron chi connectivity index (χ2n) is 4.08. The molecular weight excluding hydrogens is 306 g/mol. The van der Waals surface area contributed by atoms with Crippen molar-refractivity contribution in [2.24, 2.45) is 0 Å². The molecular formula is C11H15NO6S2. The standard InChI is InChI=1S/C11H15NO6S2/c1-3-19(15,16)11(20(17,18)4-2)9-5-7-10(8-6-9)12(13)14/h5-8,11H,3-4H2,1-2H3. The van der Waals surface area contributed by atoms with Gasteiger partial charge in [-0.2, -0.15) is 0 Å². The molecule has 0 radical (unpaired) electrons. The molecule has 20 heavy (non-hydrogen) atoms. The molecule has 0 fully saturated rings. The topological polar surface area (TPSA) is 111 Å². The zero-order chi connectivity index (χ0) is 15.6. The van der Waals surface area contributed by atoms with Crippen molar-refractivity contribution in [2.45, 2.75) is 18.4 Å². The van der Waals surface area contributed by atoms with E-state index in [4.69, 9.17) is 0 Å². The highest BCUT2D eigenvalue weighted by Gasteiger charge is 2.36. The number of rotatable bonds is 6. The largest absolute Gasteiger partial charge is 0.269 e. The SMILES string of the molecule is CCS(=O)(=O)C(c1ccc([N+](=O)[O-])cc1)S(=O)(=O)CC. The van der Waals surface area contributed by atoms with Gasteiger partial charge in [0.15, 0.2) is 24.3 Å². The quantitative estimate of drug-likeness (QED) is 0.579. The molecule has 7 nitrogen and oxygen atoms in total. The molecule has 0 saturated heterocycles. The zero-order valence-corrected chi connectivity index (χ0v) is 12.6. The Hall–Kier alpha value is -1.48. The first-order valence-corrected chi connectivity index (χ1v) is 9.26. The molecule has 0 atom stereocenters. The lowest BCUT2D eigenvalue weighted by Crippen LogP contribution is -2.25. The van der Waals surface area contributed by atoms with Crippen LogP contribution in [0.1, 0.15) is 24.0 Å². The van der Waals surface area contributed by atoms with Crippen molar-refractivity contribution in [3.8, 4) is 0 Å². The van der Waals surface area contributed by atoms with Gasteiger partial charge in [-0.3, -0.25) is 10.1 Å². The van der Waals surface area contributed by atoms with Crippen LogP contribution in [0, 0.1) is 10.1 Å². The van der Waals surface area contributed by atoms with Gasteiger partial charge in [-0.15, -0.1) is 0 Å². The number of nitrogens with zero attached hydrogens (tertiary/aromatic N) is 1. The van der Waals surface area contributed by atoms with E-state index < -0.39 is 29.2 Å². The Kier molecular flexibility index (Phi) is 4.87. The van der Waals surface area contributed by atoms with E-state index in [0.29, 0.717) is 0 Å². The third-order valence-electron chi connectivity index (χ3n) is 2.83. The van der Waals surface area contributed by atoms with Crippen molar-refractivity contribution in [1.29, 1.82) is 0 Å². The van der Waals surface area contributed by atoms with Gasteiger partial charge >= 0.3 is 0 Å². The zero-order valence-electron chi connectivity index (χ0n) is 11.0. The minimum Gasteiger partial charge on any atom is -0.258 e. The van der Waals surface area contributed by atoms with Gasteiger partial charge in [-0.25, -0.2) is 16.8 Å². The van der Waals surface area contributed by atoms with Crippen LogP contribution >= 0.6 is 0 Å². The van der Waals surface area contributed by atoms with Gasteiger partial charge in [-0.05, 0) is 17.7 Å². The van der Waals surface area contributed by atoms with E-state index in [1.165, 1.54) is 26.0 Å². The maximum atomic E-state index is 12.0. The van der Waals surface area contributed by atoms with Gasteiger partial charge in [0.05, 0.1) is 4.92 Å². The van der Waals surface area contributed by atoms with E-state index in [1.807, 2.05) is 0 Å². The first-order chi connectivity index (χ1) is 9.15. The van der Waals surface area contributed by atoms with Crippen molar-refractivity contribution in [3.05, 3.63) is 39.9 Å². The van der Waals surface area contributed by atoms with E-state index in [0.717, 1.165) is 12.1 Å². The van der Waals surface area contributed by atoms with Crippen LogP contribution in [0.2, 0.25) is 0 Å². The van der Waals surface area contributed by atoms with Gasteiger partial charge in [0, 0.05) is 23.6 Å². The fourth-order valence-corrected chi connectivity index (χ4v) is 6.05. The first-order valence-electron chi connectivity index (χ1n) is 5.83. The lowest BCUT2D eigenvalue weighted by Gasteiger charge is -2.16. The molecule has 1 rings (SSSR count). The average Bonchev–Trinajstić information content (AvgIpc) is 2.39. The third-order valence-corrected chi connectivity index (χ3v) is 8.05. The van der Waals surface area contributed by atoms with Crippen LogP contribution in [-0.2, 0) is 19.7 Å². The van der Waals surface area contributed by atoms with Crippen LogP contribution in [0.15, 0.2) is 24.3 Å². The van der Waals surface area contributed by atoms with Gasteiger partial charge in [-0.1, -0.05) is 13.8 Å². The summed E-state index contributed by atoms with van der Waals surface area (Å²) in [5.74, 6) is -0.651. The summed E-state index contributed by atoms with van der Waals surface area (Å²) in [5.41, 5.74) is -0.199. The molecule has 0 aromatic heterocycles. The van der Waals surface area contributed by atoms with E-state index in [1.54, 1.807) is 0 Å². The van der Waals surface area contributed by atoms with Crippen molar-refractivity contribution >= 4 is 25.4 Å². The summed E-state index contributed by atoms with van der Waals surface area (Å²) < 4.78 is 46.4. The first kappa shape index (κ1) is 16.6. The van der Waals surface area contributed by atoms with Crippen LogP contribution in [-0.4, -0.2) is 33.3 Å². The maximum absolute atomic E-state index is 12.0. The minimum absolute atomic E-state index is 0.0271. The van der Waals surface area contributed by atoms with Crippen molar-refractivity contribution < 1.29 is 21.8 Å². The number of nitro benzene ring substituents is 1. The molecule has 112 valence electrons. The highest BCUT2D eigenvalue weighted by molar-refractivity contribution is 8.08. The van der Waals surface area contributed by atoms with Crippen molar-refractivity contribution in [2.75, 3.05) is 11.5 Å². The maximum Gasteiger partial charge on any atom is 0.269 e. The van der Waals surface area contributed by atoms with E-state index in [2.05, 4.69) is 0 Å². The predicted molar refractivity (Wildman–Crippen MR) is 74.8 cm³/mol. The summed E-state index contributed by atoms with van der Waals surface area (Å²) >= 11 is 0. The average molecular weight is 321 g/mol. The van der Waals surface area contributed by atoms with Crippen molar-refractivity contribution in [3.63, 3.8) is 0 Å². The van der Waals surface area contributed by atoms with Gasteiger partial charge in [0.1, 0.15) is 0 Å². The van der Waals surface area contributed by atoms with Gasteiger partial charge < -0.3 is 0 Å². The molecule has 0 bridgehead atoms. The number of sulfone groups is 2. The summed E-state index contributed by atoms with van der Waals surface area (Å²) in [5, 5.41) is 10.6. The number of nitro groups is 1. The third kappa shape index (κ3) is 3.34. The minimum atomic E-state index is -3.87. The molecule has 0 aliphatic rings. The van der Waals surface area contributed by atoms with Crippen LogP contribution in [0.4, 0.5) is 5.69 Å². The molecule has 0 saturated carbocycles. The fraction of sp³-hybridized carbons (Fsp3) is 0.455. The summed E-state index contributed by atoms with van der Waals surface area (Å²) in [4.78, 5) is 9.92. The van der Waals surface area contributed by atoms with E-state index in [9.17, 15) is 26.9 Å². The van der Waals surface area contributed by atoms with Gasteiger partial charge in [0.2, 0.25) is 0 Å². The summed E-state index contributed by atoms with van der Waals surface area (Å²) in [6.07, 6.45) is 0. The summed E-state index contributed by atoms with van der Waals surface area (Å²) in [6.45, 7) is 2.72. The lowest BCUT2D eigenvalue weighted by atomic mass is 10.2. The highest BCUT2D eigenvalue weighted by Crippen LogP contribution is 2.30. The Balaban J connectivity index is 3.44. The Morgan fingerprint density at radius 1 is 1.00 bits per heavy atom. The predicted octanol–water partition coefficient (Wildman–Crippen LogP) is 1.46. The number of non-ortho nitro benzene ring substituents is 1. The Morgan fingerprint density at radius 2 is 1.40 bits per heavy atom.